The first-order valence-corrected chi connectivity index (χ1v) is 8.33. The summed E-state index contributed by atoms with van der Waals surface area (Å²) in [5.41, 5.74) is 1.75. The molecule has 0 spiro atoms. The standard InChI is InChI=1S/C17H18Cl2N2O4/c1-9(2)12-4-10(20-21-17(12)23)5-13-14(18)6-11(7-15(13)19)25-8-16(22)24-3/h4,6-7,9H,5,8H2,1-3H3,(H,21,23). The van der Waals surface area contributed by atoms with Gasteiger partial charge in [0.1, 0.15) is 5.75 Å². The number of hydrogen-bond acceptors (Lipinski definition) is 5. The Morgan fingerprint density at radius 3 is 2.44 bits per heavy atom. The molecule has 8 heteroatoms. The lowest BCUT2D eigenvalue weighted by atomic mass is 10.0. The number of halogens is 2. The maximum atomic E-state index is 11.8. The van der Waals surface area contributed by atoms with Gasteiger partial charge in [0.25, 0.3) is 5.56 Å². The molecule has 134 valence electrons. The number of benzene rings is 1. The molecule has 1 heterocycles. The van der Waals surface area contributed by atoms with Crippen LogP contribution in [0.15, 0.2) is 23.0 Å². The fourth-order valence-corrected chi connectivity index (χ4v) is 2.80. The molecule has 0 unspecified atom stereocenters. The van der Waals surface area contributed by atoms with Gasteiger partial charge in [0.15, 0.2) is 6.61 Å². The number of rotatable bonds is 6. The molecular formula is C17H18Cl2N2O4. The molecule has 0 aliphatic carbocycles. The zero-order valence-electron chi connectivity index (χ0n) is 14.1. The molecule has 6 nitrogen and oxygen atoms in total. The zero-order valence-corrected chi connectivity index (χ0v) is 15.6. The molecule has 0 radical (unpaired) electrons. The number of carbonyl (C=O) groups excluding carboxylic acids is 1. The molecule has 2 aromatic rings. The van der Waals surface area contributed by atoms with Crippen molar-refractivity contribution in [1.29, 1.82) is 0 Å². The van der Waals surface area contributed by atoms with Crippen molar-refractivity contribution in [3.8, 4) is 5.75 Å². The lowest BCUT2D eigenvalue weighted by Gasteiger charge is -2.11. The van der Waals surface area contributed by atoms with E-state index in [2.05, 4.69) is 14.9 Å². The highest BCUT2D eigenvalue weighted by Gasteiger charge is 2.14. The third-order valence-corrected chi connectivity index (χ3v) is 4.24. The van der Waals surface area contributed by atoms with Crippen LogP contribution in [0.5, 0.6) is 5.75 Å². The van der Waals surface area contributed by atoms with Crippen LogP contribution in [0.3, 0.4) is 0 Å². The summed E-state index contributed by atoms with van der Waals surface area (Å²) >= 11 is 12.6. The Bertz CT molecular complexity index is 811. The monoisotopic (exact) mass is 384 g/mol. The van der Waals surface area contributed by atoms with Crippen molar-refractivity contribution in [2.24, 2.45) is 0 Å². The van der Waals surface area contributed by atoms with Crippen molar-refractivity contribution in [1.82, 2.24) is 10.2 Å². The van der Waals surface area contributed by atoms with E-state index in [0.29, 0.717) is 39.0 Å². The first-order valence-electron chi connectivity index (χ1n) is 7.57. The highest BCUT2D eigenvalue weighted by atomic mass is 35.5. The second kappa shape index (κ2) is 8.36. The van der Waals surface area contributed by atoms with E-state index in [9.17, 15) is 9.59 Å². The summed E-state index contributed by atoms with van der Waals surface area (Å²) in [4.78, 5) is 22.9. The SMILES string of the molecule is COC(=O)COc1cc(Cl)c(Cc2cc(C(C)C)c(=O)[nH]n2)c(Cl)c1. The van der Waals surface area contributed by atoms with E-state index in [1.165, 1.54) is 7.11 Å². The summed E-state index contributed by atoms with van der Waals surface area (Å²) < 4.78 is 9.79. The van der Waals surface area contributed by atoms with Crippen LogP contribution in [0, 0.1) is 0 Å². The van der Waals surface area contributed by atoms with Gasteiger partial charge in [-0.3, -0.25) is 4.79 Å². The van der Waals surface area contributed by atoms with E-state index in [-0.39, 0.29) is 18.1 Å². The number of methoxy groups -OCH3 is 1. The number of carbonyl (C=O) groups is 1. The molecule has 0 fully saturated rings. The Morgan fingerprint density at radius 2 is 1.88 bits per heavy atom. The van der Waals surface area contributed by atoms with Crippen LogP contribution in [0.4, 0.5) is 0 Å². The normalized spacial score (nSPS) is 10.8. The van der Waals surface area contributed by atoms with Gasteiger partial charge in [-0.1, -0.05) is 37.0 Å². The van der Waals surface area contributed by atoms with E-state index >= 15 is 0 Å². The number of hydrogen-bond donors (Lipinski definition) is 1. The minimum atomic E-state index is -0.505. The minimum Gasteiger partial charge on any atom is -0.482 e. The Hall–Kier alpha value is -2.05. The van der Waals surface area contributed by atoms with Crippen LogP contribution < -0.4 is 10.3 Å². The van der Waals surface area contributed by atoms with Gasteiger partial charge in [0, 0.05) is 22.0 Å². The first-order chi connectivity index (χ1) is 11.8. The van der Waals surface area contributed by atoms with Gasteiger partial charge >= 0.3 is 5.97 Å². The second-order valence-electron chi connectivity index (χ2n) is 5.71. The summed E-state index contributed by atoms with van der Waals surface area (Å²) in [7, 11) is 1.28. The van der Waals surface area contributed by atoms with E-state index < -0.39 is 5.97 Å². The molecule has 0 aliphatic rings. The van der Waals surface area contributed by atoms with Gasteiger partial charge in [-0.15, -0.1) is 0 Å². The van der Waals surface area contributed by atoms with Crippen molar-refractivity contribution in [3.05, 3.63) is 55.4 Å². The highest BCUT2D eigenvalue weighted by molar-refractivity contribution is 6.36. The number of ether oxygens (including phenoxy) is 2. The second-order valence-corrected chi connectivity index (χ2v) is 6.52. The summed E-state index contributed by atoms with van der Waals surface area (Å²) in [5.74, 6) is -0.0676. The van der Waals surface area contributed by atoms with Crippen molar-refractivity contribution >= 4 is 29.2 Å². The number of nitrogens with zero attached hydrogens (tertiary/aromatic N) is 1. The smallest absolute Gasteiger partial charge is 0.343 e. The van der Waals surface area contributed by atoms with Crippen molar-refractivity contribution < 1.29 is 14.3 Å². The van der Waals surface area contributed by atoms with Gasteiger partial charge in [-0.05, 0) is 29.7 Å². The van der Waals surface area contributed by atoms with Gasteiger partial charge < -0.3 is 9.47 Å². The molecule has 0 saturated heterocycles. The van der Waals surface area contributed by atoms with E-state index in [0.717, 1.165) is 0 Å². The molecule has 1 N–H and O–H groups in total. The molecule has 0 aliphatic heterocycles. The minimum absolute atomic E-state index is 0.0746. The van der Waals surface area contributed by atoms with Gasteiger partial charge in [0.2, 0.25) is 0 Å². The molecule has 2 rings (SSSR count). The largest absolute Gasteiger partial charge is 0.482 e. The predicted molar refractivity (Wildman–Crippen MR) is 95.7 cm³/mol. The average Bonchev–Trinajstić information content (AvgIpc) is 2.57. The average molecular weight is 385 g/mol. The van der Waals surface area contributed by atoms with Crippen molar-refractivity contribution in [3.63, 3.8) is 0 Å². The first kappa shape index (κ1) is 19.3. The van der Waals surface area contributed by atoms with Gasteiger partial charge in [0.05, 0.1) is 12.8 Å². The van der Waals surface area contributed by atoms with Gasteiger partial charge in [-0.2, -0.15) is 5.10 Å². The van der Waals surface area contributed by atoms with Crippen LogP contribution in [-0.2, 0) is 16.0 Å². The molecular weight excluding hydrogens is 367 g/mol. The highest BCUT2D eigenvalue weighted by Crippen LogP contribution is 2.32. The van der Waals surface area contributed by atoms with Crippen molar-refractivity contribution in [2.75, 3.05) is 13.7 Å². The van der Waals surface area contributed by atoms with Crippen LogP contribution in [0.2, 0.25) is 10.0 Å². The van der Waals surface area contributed by atoms with Crippen LogP contribution >= 0.6 is 23.2 Å². The molecule has 25 heavy (non-hydrogen) atoms. The summed E-state index contributed by atoms with van der Waals surface area (Å²) in [6.45, 7) is 3.63. The number of nitrogens with one attached hydrogen (secondary N) is 1. The topological polar surface area (TPSA) is 81.3 Å². The Labute approximate surface area is 155 Å². The van der Waals surface area contributed by atoms with Crippen molar-refractivity contribution in [2.45, 2.75) is 26.2 Å². The zero-order chi connectivity index (χ0) is 18.6. The third-order valence-electron chi connectivity index (χ3n) is 3.56. The number of esters is 1. The number of aromatic nitrogens is 2. The molecule has 1 aromatic heterocycles. The summed E-state index contributed by atoms with van der Waals surface area (Å²) in [6, 6.07) is 4.89. The van der Waals surface area contributed by atoms with E-state index in [4.69, 9.17) is 27.9 Å². The quantitative estimate of drug-likeness (QED) is 0.772. The lowest BCUT2D eigenvalue weighted by molar-refractivity contribution is -0.142. The van der Waals surface area contributed by atoms with E-state index in [1.54, 1.807) is 18.2 Å². The molecule has 0 amide bonds. The Balaban J connectivity index is 2.24. The van der Waals surface area contributed by atoms with Crippen LogP contribution in [0.25, 0.3) is 0 Å². The van der Waals surface area contributed by atoms with E-state index in [1.807, 2.05) is 13.8 Å². The maximum Gasteiger partial charge on any atom is 0.343 e. The summed E-state index contributed by atoms with van der Waals surface area (Å²) in [5, 5.41) is 7.30. The third kappa shape index (κ3) is 4.96. The van der Waals surface area contributed by atoms with Crippen LogP contribution in [-0.4, -0.2) is 29.9 Å². The Kier molecular flexibility index (Phi) is 6.45. The lowest BCUT2D eigenvalue weighted by Crippen LogP contribution is -2.17. The Morgan fingerprint density at radius 1 is 1.24 bits per heavy atom. The fraction of sp³-hybridized carbons (Fsp3) is 0.353. The molecule has 1 aromatic carbocycles. The maximum absolute atomic E-state index is 11.8. The molecule has 0 atom stereocenters. The molecule has 0 bridgehead atoms. The number of H-pyrrole nitrogens is 1. The number of aromatic amines is 1. The molecule has 0 saturated carbocycles. The summed E-state index contributed by atoms with van der Waals surface area (Å²) in [6.07, 6.45) is 0.353. The van der Waals surface area contributed by atoms with Crippen LogP contribution in [0.1, 0.15) is 36.6 Å². The predicted octanol–water partition coefficient (Wildman–Crippen LogP) is 3.34. The van der Waals surface area contributed by atoms with Gasteiger partial charge in [-0.25, -0.2) is 9.89 Å². The fourth-order valence-electron chi connectivity index (χ4n) is 2.20.